The molecule has 1 aromatic carbocycles. The fourth-order valence-corrected chi connectivity index (χ4v) is 3.00. The van der Waals surface area contributed by atoms with Gasteiger partial charge in [0, 0.05) is 17.7 Å². The first kappa shape index (κ1) is 15.7. The van der Waals surface area contributed by atoms with Crippen LogP contribution in [0.25, 0.3) is 11.1 Å². The van der Waals surface area contributed by atoms with Crippen LogP contribution >= 0.6 is 0 Å². The Labute approximate surface area is 135 Å². The van der Waals surface area contributed by atoms with Crippen LogP contribution in [0.15, 0.2) is 24.4 Å². The summed E-state index contributed by atoms with van der Waals surface area (Å²) in [6.45, 7) is 5.48. The molecule has 1 N–H and O–H groups in total. The fraction of sp³-hybridized carbons (Fsp3) is 0.368. The number of fused-ring (bicyclic) bond motifs is 1. The van der Waals surface area contributed by atoms with Gasteiger partial charge in [-0.1, -0.05) is 19.9 Å². The minimum Gasteiger partial charge on any atom is -0.310 e. The third-order valence-corrected chi connectivity index (χ3v) is 4.43. The summed E-state index contributed by atoms with van der Waals surface area (Å²) in [5.74, 6) is 0.286. The summed E-state index contributed by atoms with van der Waals surface area (Å²) < 4.78 is 14.5. The molecule has 1 aromatic heterocycles. The molecular weight excluding hydrogens is 291 g/mol. The largest absolute Gasteiger partial charge is 0.310 e. The number of anilines is 1. The Hall–Kier alpha value is -2.23. The minimum atomic E-state index is -0.0930. The lowest BCUT2D eigenvalue weighted by Gasteiger charge is -2.12. The number of amides is 1. The summed E-state index contributed by atoms with van der Waals surface area (Å²) in [6, 6.07) is 5.73. The van der Waals surface area contributed by atoms with Crippen molar-refractivity contribution < 1.29 is 9.18 Å². The summed E-state index contributed by atoms with van der Waals surface area (Å²) in [7, 11) is 0. The average molecular weight is 312 g/mol. The highest BCUT2D eigenvalue weighted by molar-refractivity contribution is 5.91. The van der Waals surface area contributed by atoms with Crippen LogP contribution in [0.2, 0.25) is 0 Å². The Morgan fingerprint density at radius 1 is 1.30 bits per heavy atom. The molecule has 0 bridgehead atoms. The van der Waals surface area contributed by atoms with Crippen molar-refractivity contribution in [3.63, 3.8) is 0 Å². The Kier molecular flexibility index (Phi) is 4.16. The van der Waals surface area contributed by atoms with Crippen molar-refractivity contribution in [2.45, 2.75) is 40.0 Å². The van der Waals surface area contributed by atoms with Crippen LogP contribution in [0, 0.1) is 18.7 Å². The molecular formula is C19H21FN2O. The maximum Gasteiger partial charge on any atom is 0.228 e. The van der Waals surface area contributed by atoms with Gasteiger partial charge in [0.15, 0.2) is 0 Å². The van der Waals surface area contributed by atoms with Crippen LogP contribution in [-0.4, -0.2) is 10.9 Å². The van der Waals surface area contributed by atoms with E-state index < -0.39 is 0 Å². The van der Waals surface area contributed by atoms with Crippen LogP contribution in [-0.2, 0) is 17.6 Å². The minimum absolute atomic E-state index is 0.0648. The van der Waals surface area contributed by atoms with E-state index in [2.05, 4.69) is 16.4 Å². The number of carbonyl (C=O) groups excluding carboxylic acids is 1. The Bertz CT molecular complexity index is 751. The summed E-state index contributed by atoms with van der Waals surface area (Å²) in [5.41, 5.74) is 4.42. The van der Waals surface area contributed by atoms with Crippen LogP contribution < -0.4 is 5.32 Å². The first-order chi connectivity index (χ1) is 11.0. The number of nitrogens with one attached hydrogen (secondary N) is 1. The van der Waals surface area contributed by atoms with Gasteiger partial charge in [0.05, 0.1) is 0 Å². The van der Waals surface area contributed by atoms with Gasteiger partial charge in [0.25, 0.3) is 0 Å². The van der Waals surface area contributed by atoms with E-state index in [1.165, 1.54) is 0 Å². The molecule has 1 amide bonds. The number of aromatic nitrogens is 1. The number of aryl methyl sites for hydroxylation is 1. The zero-order chi connectivity index (χ0) is 16.6. The molecule has 0 radical (unpaired) electrons. The van der Waals surface area contributed by atoms with E-state index in [9.17, 15) is 9.18 Å². The van der Waals surface area contributed by atoms with Gasteiger partial charge in [-0.15, -0.1) is 0 Å². The van der Waals surface area contributed by atoms with Crippen molar-refractivity contribution in [3.8, 4) is 11.1 Å². The third-order valence-electron chi connectivity index (χ3n) is 4.43. The molecule has 1 heterocycles. The molecule has 0 atom stereocenters. The van der Waals surface area contributed by atoms with Gasteiger partial charge in [-0.05, 0) is 60.6 Å². The van der Waals surface area contributed by atoms with E-state index in [1.54, 1.807) is 12.3 Å². The Morgan fingerprint density at radius 3 is 2.74 bits per heavy atom. The lowest BCUT2D eigenvalue weighted by molar-refractivity contribution is -0.118. The second-order valence-corrected chi connectivity index (χ2v) is 6.43. The number of hydrogen-bond donors (Lipinski definition) is 1. The molecule has 0 spiro atoms. The van der Waals surface area contributed by atoms with Crippen LogP contribution in [0.4, 0.5) is 10.2 Å². The first-order valence-electron chi connectivity index (χ1n) is 8.05. The smallest absolute Gasteiger partial charge is 0.228 e. The van der Waals surface area contributed by atoms with Gasteiger partial charge in [-0.2, -0.15) is 0 Å². The molecule has 4 heteroatoms. The van der Waals surface area contributed by atoms with Gasteiger partial charge >= 0.3 is 0 Å². The molecule has 1 aliphatic rings. The molecule has 3 rings (SSSR count). The van der Waals surface area contributed by atoms with Crippen LogP contribution in [0.5, 0.6) is 0 Å². The quantitative estimate of drug-likeness (QED) is 0.919. The van der Waals surface area contributed by atoms with Gasteiger partial charge in [0.2, 0.25) is 5.91 Å². The normalized spacial score (nSPS) is 13.3. The first-order valence-corrected chi connectivity index (χ1v) is 8.05. The number of nitrogens with zero attached hydrogens (tertiary/aromatic N) is 1. The number of carbonyl (C=O) groups is 1. The van der Waals surface area contributed by atoms with Crippen molar-refractivity contribution in [3.05, 3.63) is 46.9 Å². The van der Waals surface area contributed by atoms with Crippen molar-refractivity contribution >= 4 is 11.7 Å². The van der Waals surface area contributed by atoms with E-state index >= 15 is 0 Å². The lowest BCUT2D eigenvalue weighted by Crippen LogP contribution is -2.18. The zero-order valence-corrected chi connectivity index (χ0v) is 13.7. The third kappa shape index (κ3) is 2.98. The molecule has 0 aliphatic heterocycles. The van der Waals surface area contributed by atoms with Crippen molar-refractivity contribution in [2.24, 2.45) is 5.92 Å². The molecule has 0 saturated carbocycles. The van der Waals surface area contributed by atoms with Crippen molar-refractivity contribution in [1.29, 1.82) is 0 Å². The molecule has 23 heavy (non-hydrogen) atoms. The summed E-state index contributed by atoms with van der Waals surface area (Å²) in [4.78, 5) is 16.0. The number of benzene rings is 1. The highest BCUT2D eigenvalue weighted by Gasteiger charge is 2.20. The Balaban J connectivity index is 1.91. The van der Waals surface area contributed by atoms with Crippen LogP contribution in [0.1, 0.15) is 37.0 Å². The summed E-state index contributed by atoms with van der Waals surface area (Å²) >= 11 is 0. The standard InChI is InChI=1S/C19H21FN2O/c1-11(2)19(23)22-17-8-7-14(10-21-17)16-9-13-5-4-6-15(13)18(20)12(16)3/h7-11H,4-6H2,1-3H3,(H,21,22,23). The van der Waals surface area contributed by atoms with Crippen molar-refractivity contribution in [1.82, 2.24) is 4.98 Å². The molecule has 120 valence electrons. The second kappa shape index (κ2) is 6.11. The summed E-state index contributed by atoms with van der Waals surface area (Å²) in [5, 5.41) is 2.76. The van der Waals surface area contributed by atoms with E-state index in [0.717, 1.165) is 41.5 Å². The van der Waals surface area contributed by atoms with Gasteiger partial charge in [0.1, 0.15) is 11.6 Å². The van der Waals surface area contributed by atoms with E-state index in [4.69, 9.17) is 0 Å². The average Bonchev–Trinajstić information content (AvgIpc) is 3.00. The predicted octanol–water partition coefficient (Wildman–Crippen LogP) is 4.28. The molecule has 2 aromatic rings. The van der Waals surface area contributed by atoms with Gasteiger partial charge < -0.3 is 5.32 Å². The van der Waals surface area contributed by atoms with Crippen LogP contribution in [0.3, 0.4) is 0 Å². The number of pyridine rings is 1. The second-order valence-electron chi connectivity index (χ2n) is 6.43. The highest BCUT2D eigenvalue weighted by atomic mass is 19.1. The molecule has 3 nitrogen and oxygen atoms in total. The number of rotatable bonds is 3. The topological polar surface area (TPSA) is 42.0 Å². The lowest BCUT2D eigenvalue weighted by atomic mass is 9.96. The summed E-state index contributed by atoms with van der Waals surface area (Å²) in [6.07, 6.45) is 4.49. The van der Waals surface area contributed by atoms with E-state index in [1.807, 2.05) is 26.8 Å². The Morgan fingerprint density at radius 2 is 2.09 bits per heavy atom. The predicted molar refractivity (Wildman–Crippen MR) is 89.9 cm³/mol. The zero-order valence-electron chi connectivity index (χ0n) is 13.7. The molecule has 1 aliphatic carbocycles. The molecule has 0 fully saturated rings. The molecule has 0 saturated heterocycles. The van der Waals surface area contributed by atoms with Gasteiger partial charge in [-0.3, -0.25) is 4.79 Å². The maximum atomic E-state index is 14.5. The maximum absolute atomic E-state index is 14.5. The monoisotopic (exact) mass is 312 g/mol. The van der Waals surface area contributed by atoms with E-state index in [-0.39, 0.29) is 17.6 Å². The van der Waals surface area contributed by atoms with Crippen molar-refractivity contribution in [2.75, 3.05) is 5.32 Å². The number of hydrogen-bond acceptors (Lipinski definition) is 2. The van der Waals surface area contributed by atoms with Gasteiger partial charge in [-0.25, -0.2) is 9.37 Å². The SMILES string of the molecule is Cc1c(-c2ccc(NC(=O)C(C)C)nc2)cc2c(c1F)CCC2. The molecule has 0 unspecified atom stereocenters. The highest BCUT2D eigenvalue weighted by Crippen LogP contribution is 2.34. The fourth-order valence-electron chi connectivity index (χ4n) is 3.00. The number of halogens is 1. The van der Waals surface area contributed by atoms with E-state index in [0.29, 0.717) is 11.4 Å².